The molecule has 0 aromatic carbocycles. The van der Waals surface area contributed by atoms with Crippen LogP contribution in [-0.2, 0) is 9.47 Å². The van der Waals surface area contributed by atoms with Crippen molar-refractivity contribution in [2.75, 3.05) is 46.0 Å². The van der Waals surface area contributed by atoms with Crippen molar-refractivity contribution in [2.45, 2.75) is 38.3 Å². The van der Waals surface area contributed by atoms with Gasteiger partial charge in [-0.1, -0.05) is 0 Å². The van der Waals surface area contributed by atoms with E-state index in [1.54, 1.807) is 0 Å². The molecule has 0 radical (unpaired) electrons. The van der Waals surface area contributed by atoms with E-state index in [9.17, 15) is 0 Å². The smallest absolute Gasteiger partial charge is 0.0620 e. The zero-order valence-corrected chi connectivity index (χ0v) is 11.0. The molecule has 0 bridgehead atoms. The van der Waals surface area contributed by atoms with Crippen LogP contribution < -0.4 is 5.32 Å². The Morgan fingerprint density at radius 3 is 2.82 bits per heavy atom. The van der Waals surface area contributed by atoms with Gasteiger partial charge in [-0.2, -0.15) is 0 Å². The van der Waals surface area contributed by atoms with Crippen molar-refractivity contribution in [1.82, 2.24) is 10.2 Å². The van der Waals surface area contributed by atoms with Crippen molar-refractivity contribution in [3.8, 4) is 0 Å². The number of rotatable bonds is 5. The summed E-state index contributed by atoms with van der Waals surface area (Å²) in [6.07, 6.45) is 4.11. The third-order valence-electron chi connectivity index (χ3n) is 3.73. The molecular weight excluding hydrogens is 216 g/mol. The van der Waals surface area contributed by atoms with E-state index < -0.39 is 0 Å². The summed E-state index contributed by atoms with van der Waals surface area (Å²) in [7, 11) is 0. The maximum Gasteiger partial charge on any atom is 0.0620 e. The summed E-state index contributed by atoms with van der Waals surface area (Å²) < 4.78 is 11.1. The molecule has 100 valence electrons. The first kappa shape index (κ1) is 13.3. The van der Waals surface area contributed by atoms with Gasteiger partial charge in [0.2, 0.25) is 0 Å². The molecule has 2 rings (SSSR count). The van der Waals surface area contributed by atoms with Crippen molar-refractivity contribution in [2.24, 2.45) is 0 Å². The number of nitrogens with zero attached hydrogens (tertiary/aromatic N) is 1. The summed E-state index contributed by atoms with van der Waals surface area (Å²) in [4.78, 5) is 2.56. The molecular formula is C13H26N2O2. The van der Waals surface area contributed by atoms with Crippen LogP contribution in [0, 0.1) is 0 Å². The zero-order chi connectivity index (χ0) is 11.9. The molecule has 1 unspecified atom stereocenters. The fraction of sp³-hybridized carbons (Fsp3) is 1.00. The summed E-state index contributed by atoms with van der Waals surface area (Å²) in [5.41, 5.74) is 0. The van der Waals surface area contributed by atoms with Gasteiger partial charge in [-0.3, -0.25) is 0 Å². The third-order valence-corrected chi connectivity index (χ3v) is 3.73. The molecule has 1 N–H and O–H groups in total. The Labute approximate surface area is 105 Å². The summed E-state index contributed by atoms with van der Waals surface area (Å²) in [5, 5.41) is 3.51. The minimum atomic E-state index is 0.507. The first-order valence-corrected chi connectivity index (χ1v) is 7.03. The molecule has 0 aromatic heterocycles. The number of piperidine rings is 1. The van der Waals surface area contributed by atoms with E-state index in [1.807, 2.05) is 0 Å². The van der Waals surface area contributed by atoms with Crippen LogP contribution in [0.5, 0.6) is 0 Å². The number of hydrogen-bond donors (Lipinski definition) is 1. The molecule has 4 heteroatoms. The molecule has 0 saturated carbocycles. The Hall–Kier alpha value is -0.160. The second-order valence-corrected chi connectivity index (χ2v) is 5.01. The Kier molecular flexibility index (Phi) is 5.71. The molecule has 2 saturated heterocycles. The number of likely N-dealkylation sites (tertiary alicyclic amines) is 1. The van der Waals surface area contributed by atoms with Crippen LogP contribution in [-0.4, -0.2) is 63.0 Å². The first-order chi connectivity index (χ1) is 8.38. The highest BCUT2D eigenvalue weighted by molar-refractivity contribution is 4.76. The van der Waals surface area contributed by atoms with Gasteiger partial charge in [0.05, 0.1) is 19.3 Å². The van der Waals surface area contributed by atoms with Crippen LogP contribution >= 0.6 is 0 Å². The number of ether oxygens (including phenoxy) is 2. The summed E-state index contributed by atoms with van der Waals surface area (Å²) in [6.45, 7) is 9.29. The Morgan fingerprint density at radius 2 is 2.18 bits per heavy atom. The van der Waals surface area contributed by atoms with E-state index in [4.69, 9.17) is 9.47 Å². The normalized spacial score (nSPS) is 28.4. The predicted molar refractivity (Wildman–Crippen MR) is 68.3 cm³/mol. The highest BCUT2D eigenvalue weighted by Gasteiger charge is 2.20. The number of nitrogens with one attached hydrogen (secondary N) is 1. The van der Waals surface area contributed by atoms with Gasteiger partial charge in [0.1, 0.15) is 0 Å². The lowest BCUT2D eigenvalue weighted by Gasteiger charge is -2.33. The van der Waals surface area contributed by atoms with Gasteiger partial charge in [0.15, 0.2) is 0 Å². The molecule has 2 fully saturated rings. The van der Waals surface area contributed by atoms with Gasteiger partial charge in [0.25, 0.3) is 0 Å². The van der Waals surface area contributed by atoms with Gasteiger partial charge in [0, 0.05) is 32.3 Å². The van der Waals surface area contributed by atoms with E-state index in [1.165, 1.54) is 38.9 Å². The average Bonchev–Trinajstić information content (AvgIpc) is 2.40. The monoisotopic (exact) mass is 242 g/mol. The minimum Gasteiger partial charge on any atom is -0.379 e. The molecule has 2 heterocycles. The molecule has 17 heavy (non-hydrogen) atoms. The average molecular weight is 242 g/mol. The Morgan fingerprint density at radius 1 is 1.35 bits per heavy atom. The lowest BCUT2D eigenvalue weighted by atomic mass is 10.1. The van der Waals surface area contributed by atoms with Gasteiger partial charge in [-0.25, -0.2) is 0 Å². The second kappa shape index (κ2) is 7.31. The molecule has 0 amide bonds. The first-order valence-electron chi connectivity index (χ1n) is 7.03. The van der Waals surface area contributed by atoms with Gasteiger partial charge in [-0.15, -0.1) is 0 Å². The van der Waals surface area contributed by atoms with Crippen molar-refractivity contribution >= 4 is 0 Å². The minimum absolute atomic E-state index is 0.507. The van der Waals surface area contributed by atoms with Crippen LogP contribution in [0.1, 0.15) is 26.2 Å². The third kappa shape index (κ3) is 4.54. The molecule has 0 aliphatic carbocycles. The summed E-state index contributed by atoms with van der Waals surface area (Å²) >= 11 is 0. The predicted octanol–water partition coefficient (Wildman–Crippen LogP) is 0.866. The molecule has 4 nitrogen and oxygen atoms in total. The summed E-state index contributed by atoms with van der Waals surface area (Å²) in [5.74, 6) is 0. The fourth-order valence-corrected chi connectivity index (χ4v) is 2.68. The van der Waals surface area contributed by atoms with Crippen LogP contribution in [0.2, 0.25) is 0 Å². The lowest BCUT2D eigenvalue weighted by molar-refractivity contribution is 0.0114. The number of hydrogen-bond acceptors (Lipinski definition) is 4. The molecule has 0 spiro atoms. The Bertz CT molecular complexity index is 200. The highest BCUT2D eigenvalue weighted by atomic mass is 16.5. The topological polar surface area (TPSA) is 33.7 Å². The van der Waals surface area contributed by atoms with Crippen molar-refractivity contribution < 1.29 is 9.47 Å². The Balaban J connectivity index is 1.57. The van der Waals surface area contributed by atoms with Crippen LogP contribution in [0.4, 0.5) is 0 Å². The van der Waals surface area contributed by atoms with Crippen LogP contribution in [0.3, 0.4) is 0 Å². The van der Waals surface area contributed by atoms with E-state index in [0.717, 1.165) is 26.4 Å². The van der Waals surface area contributed by atoms with Crippen molar-refractivity contribution in [1.29, 1.82) is 0 Å². The van der Waals surface area contributed by atoms with Crippen LogP contribution in [0.25, 0.3) is 0 Å². The van der Waals surface area contributed by atoms with Crippen LogP contribution in [0.15, 0.2) is 0 Å². The fourth-order valence-electron chi connectivity index (χ4n) is 2.68. The summed E-state index contributed by atoms with van der Waals surface area (Å²) in [6, 6.07) is 0.563. The zero-order valence-electron chi connectivity index (χ0n) is 11.0. The maximum absolute atomic E-state index is 5.67. The largest absolute Gasteiger partial charge is 0.379 e. The second-order valence-electron chi connectivity index (χ2n) is 5.01. The van der Waals surface area contributed by atoms with E-state index in [2.05, 4.69) is 17.1 Å². The van der Waals surface area contributed by atoms with Gasteiger partial charge >= 0.3 is 0 Å². The quantitative estimate of drug-likeness (QED) is 0.775. The molecule has 1 atom stereocenters. The maximum atomic E-state index is 5.67. The SMILES string of the molecule is CCOC1CCN(CCC2COCCN2)CC1. The van der Waals surface area contributed by atoms with E-state index in [0.29, 0.717) is 12.1 Å². The van der Waals surface area contributed by atoms with E-state index in [-0.39, 0.29) is 0 Å². The molecule has 0 aromatic rings. The number of morpholine rings is 1. The standard InChI is InChI=1S/C13H26N2O2/c1-2-17-13-4-8-15(9-5-13)7-3-12-11-16-10-6-14-12/h12-14H,2-11H2,1H3. The lowest BCUT2D eigenvalue weighted by Crippen LogP contribution is -2.44. The van der Waals surface area contributed by atoms with Gasteiger partial charge in [-0.05, 0) is 32.7 Å². The van der Waals surface area contributed by atoms with E-state index >= 15 is 0 Å². The highest BCUT2D eigenvalue weighted by Crippen LogP contribution is 2.14. The molecule has 2 aliphatic heterocycles. The van der Waals surface area contributed by atoms with Gasteiger partial charge < -0.3 is 19.7 Å². The van der Waals surface area contributed by atoms with Crippen molar-refractivity contribution in [3.05, 3.63) is 0 Å². The van der Waals surface area contributed by atoms with Crippen molar-refractivity contribution in [3.63, 3.8) is 0 Å². The molecule has 2 aliphatic rings.